The maximum Gasteiger partial charge on any atom is 0.414 e. The second-order valence-electron chi connectivity index (χ2n) is 4.50. The van der Waals surface area contributed by atoms with Crippen LogP contribution in [0.15, 0.2) is 0 Å². The molecule has 1 spiro atoms. The third-order valence-corrected chi connectivity index (χ3v) is 3.62. The van der Waals surface area contributed by atoms with E-state index in [1.807, 2.05) is 0 Å². The van der Waals surface area contributed by atoms with Crippen molar-refractivity contribution in [1.29, 1.82) is 0 Å². The highest BCUT2D eigenvalue weighted by molar-refractivity contribution is 6.01. The number of aliphatic carboxylic acids is 1. The molecule has 0 unspecified atom stereocenters. The largest absolute Gasteiger partial charge is 0.480 e. The number of likely N-dealkylation sites (tertiary alicyclic amines) is 1. The number of hydrogen-bond acceptors (Lipinski definition) is 3. The van der Waals surface area contributed by atoms with Gasteiger partial charge in [-0.05, 0) is 19.3 Å². The maximum absolute atomic E-state index is 12.0. The van der Waals surface area contributed by atoms with E-state index < -0.39 is 29.4 Å². The van der Waals surface area contributed by atoms with E-state index in [-0.39, 0.29) is 6.42 Å². The second kappa shape index (κ2) is 3.47. The molecule has 1 heterocycles. The molecular formula is C10H13NO5. The molecule has 88 valence electrons. The fraction of sp³-hybridized carbons (Fsp3) is 0.700. The summed E-state index contributed by atoms with van der Waals surface area (Å²) < 4.78 is 0. The predicted molar refractivity (Wildman–Crippen MR) is 51.8 cm³/mol. The fourth-order valence-corrected chi connectivity index (χ4v) is 2.83. The number of rotatable bonds is 1. The number of carbonyl (C=O) groups is 3. The lowest BCUT2D eigenvalue weighted by Crippen LogP contribution is -2.43. The monoisotopic (exact) mass is 227 g/mol. The summed E-state index contributed by atoms with van der Waals surface area (Å²) in [4.78, 5) is 34.3. The molecule has 1 saturated heterocycles. The molecule has 1 atom stereocenters. The number of imide groups is 1. The Bertz CT molecular complexity index is 358. The summed E-state index contributed by atoms with van der Waals surface area (Å²) in [6, 6.07) is -1.21. The van der Waals surface area contributed by atoms with Crippen LogP contribution in [0.25, 0.3) is 0 Å². The van der Waals surface area contributed by atoms with Crippen molar-refractivity contribution in [1.82, 2.24) is 4.90 Å². The highest BCUT2D eigenvalue weighted by Crippen LogP contribution is 2.48. The molecule has 0 aromatic carbocycles. The van der Waals surface area contributed by atoms with Gasteiger partial charge in [0.05, 0.1) is 5.41 Å². The van der Waals surface area contributed by atoms with Gasteiger partial charge in [-0.2, -0.15) is 0 Å². The number of carbonyl (C=O) groups excluding carboxylic acids is 1. The van der Waals surface area contributed by atoms with E-state index >= 15 is 0 Å². The van der Waals surface area contributed by atoms with Crippen molar-refractivity contribution in [2.24, 2.45) is 5.41 Å². The van der Waals surface area contributed by atoms with Gasteiger partial charge in [-0.1, -0.05) is 12.8 Å². The van der Waals surface area contributed by atoms with E-state index in [9.17, 15) is 14.4 Å². The molecule has 2 fully saturated rings. The first-order valence-corrected chi connectivity index (χ1v) is 5.27. The van der Waals surface area contributed by atoms with Crippen LogP contribution in [0.2, 0.25) is 0 Å². The Hall–Kier alpha value is -1.59. The van der Waals surface area contributed by atoms with Gasteiger partial charge in [0.25, 0.3) is 0 Å². The standard InChI is InChI=1S/C10H13NO5/c12-7(13)6-5-10(3-1-2-4-10)8(14)11(6)9(15)16/h6H,1-5H2,(H,12,13)(H,15,16)/t6-/m0/s1. The molecule has 2 rings (SSSR count). The molecule has 2 N–H and O–H groups in total. The summed E-state index contributed by atoms with van der Waals surface area (Å²) in [6.45, 7) is 0. The normalized spacial score (nSPS) is 27.6. The van der Waals surface area contributed by atoms with Crippen molar-refractivity contribution >= 4 is 18.0 Å². The minimum absolute atomic E-state index is 0.132. The molecule has 0 aromatic rings. The molecule has 1 aliphatic carbocycles. The lowest BCUT2D eigenvalue weighted by molar-refractivity contribution is -0.145. The number of carboxylic acids is 1. The van der Waals surface area contributed by atoms with Crippen LogP contribution in [0.3, 0.4) is 0 Å². The number of carboxylic acid groups (broad SMARTS) is 2. The summed E-state index contributed by atoms with van der Waals surface area (Å²) in [5.74, 6) is -1.76. The Labute approximate surface area is 91.8 Å². The summed E-state index contributed by atoms with van der Waals surface area (Å²) in [6.07, 6.45) is 1.63. The number of hydrogen-bond donors (Lipinski definition) is 2. The molecule has 0 radical (unpaired) electrons. The van der Waals surface area contributed by atoms with Crippen LogP contribution < -0.4 is 0 Å². The molecule has 6 nitrogen and oxygen atoms in total. The lowest BCUT2D eigenvalue weighted by Gasteiger charge is -2.19. The van der Waals surface area contributed by atoms with E-state index in [0.29, 0.717) is 17.7 Å². The average Bonchev–Trinajstić information content (AvgIpc) is 2.75. The van der Waals surface area contributed by atoms with Crippen LogP contribution in [-0.2, 0) is 9.59 Å². The Balaban J connectivity index is 2.33. The molecule has 16 heavy (non-hydrogen) atoms. The molecule has 6 heteroatoms. The van der Waals surface area contributed by atoms with Crippen LogP contribution in [0.4, 0.5) is 4.79 Å². The quantitative estimate of drug-likeness (QED) is 0.694. The smallest absolute Gasteiger partial charge is 0.414 e. The zero-order chi connectivity index (χ0) is 11.9. The van der Waals surface area contributed by atoms with Gasteiger partial charge < -0.3 is 10.2 Å². The first-order valence-electron chi connectivity index (χ1n) is 5.27. The Kier molecular flexibility index (Phi) is 2.36. The molecule has 0 aromatic heterocycles. The van der Waals surface area contributed by atoms with Crippen molar-refractivity contribution in [2.75, 3.05) is 0 Å². The molecule has 0 bridgehead atoms. The summed E-state index contributed by atoms with van der Waals surface area (Å²) in [7, 11) is 0. The molecule has 1 aliphatic heterocycles. The van der Waals surface area contributed by atoms with Crippen molar-refractivity contribution in [2.45, 2.75) is 38.1 Å². The fourth-order valence-electron chi connectivity index (χ4n) is 2.83. The summed E-state index contributed by atoms with van der Waals surface area (Å²) >= 11 is 0. The lowest BCUT2D eigenvalue weighted by atomic mass is 9.83. The molecule has 2 aliphatic rings. The van der Waals surface area contributed by atoms with Gasteiger partial charge in [0.1, 0.15) is 6.04 Å². The van der Waals surface area contributed by atoms with E-state index in [0.717, 1.165) is 12.8 Å². The van der Waals surface area contributed by atoms with E-state index in [2.05, 4.69) is 0 Å². The van der Waals surface area contributed by atoms with Crippen molar-refractivity contribution in [3.8, 4) is 0 Å². The highest BCUT2D eigenvalue weighted by atomic mass is 16.4. The van der Waals surface area contributed by atoms with Gasteiger partial charge in [-0.15, -0.1) is 0 Å². The maximum atomic E-state index is 12.0. The van der Waals surface area contributed by atoms with Gasteiger partial charge in [0.15, 0.2) is 0 Å². The summed E-state index contributed by atoms with van der Waals surface area (Å²) in [5.41, 5.74) is -0.721. The minimum Gasteiger partial charge on any atom is -0.480 e. The first-order chi connectivity index (χ1) is 7.48. The van der Waals surface area contributed by atoms with Gasteiger partial charge in [0, 0.05) is 0 Å². The topological polar surface area (TPSA) is 94.9 Å². The van der Waals surface area contributed by atoms with Crippen LogP contribution in [0.5, 0.6) is 0 Å². The minimum atomic E-state index is -1.46. The zero-order valence-electron chi connectivity index (χ0n) is 8.68. The average molecular weight is 227 g/mol. The predicted octanol–water partition coefficient (Wildman–Crippen LogP) is 0.910. The van der Waals surface area contributed by atoms with Crippen molar-refractivity contribution < 1.29 is 24.6 Å². The number of nitrogens with zero attached hydrogens (tertiary/aromatic N) is 1. The Morgan fingerprint density at radius 1 is 1.25 bits per heavy atom. The van der Waals surface area contributed by atoms with E-state index in [4.69, 9.17) is 10.2 Å². The van der Waals surface area contributed by atoms with Crippen LogP contribution in [0.1, 0.15) is 32.1 Å². The highest BCUT2D eigenvalue weighted by Gasteiger charge is 2.57. The third kappa shape index (κ3) is 1.36. The third-order valence-electron chi connectivity index (χ3n) is 3.62. The van der Waals surface area contributed by atoms with Gasteiger partial charge in [-0.25, -0.2) is 14.5 Å². The van der Waals surface area contributed by atoms with Crippen LogP contribution in [-0.4, -0.2) is 39.1 Å². The van der Waals surface area contributed by atoms with Gasteiger partial charge >= 0.3 is 12.1 Å². The van der Waals surface area contributed by atoms with Gasteiger partial charge in [0.2, 0.25) is 5.91 Å². The molecule has 1 saturated carbocycles. The van der Waals surface area contributed by atoms with Crippen LogP contribution in [0, 0.1) is 5.41 Å². The van der Waals surface area contributed by atoms with E-state index in [1.165, 1.54) is 0 Å². The zero-order valence-corrected chi connectivity index (χ0v) is 8.68. The Morgan fingerprint density at radius 3 is 2.19 bits per heavy atom. The Morgan fingerprint density at radius 2 is 1.81 bits per heavy atom. The van der Waals surface area contributed by atoms with Crippen molar-refractivity contribution in [3.05, 3.63) is 0 Å². The number of amides is 2. The van der Waals surface area contributed by atoms with Gasteiger partial charge in [-0.3, -0.25) is 4.79 Å². The SMILES string of the molecule is O=C(O)[C@@H]1CC2(CCCC2)C(=O)N1C(=O)O. The van der Waals surface area contributed by atoms with Crippen LogP contribution >= 0.6 is 0 Å². The van der Waals surface area contributed by atoms with E-state index in [1.54, 1.807) is 0 Å². The molecule has 2 amide bonds. The van der Waals surface area contributed by atoms with Crippen molar-refractivity contribution in [3.63, 3.8) is 0 Å². The molecular weight excluding hydrogens is 214 g/mol. The summed E-state index contributed by atoms with van der Waals surface area (Å²) in [5, 5.41) is 17.8. The second-order valence-corrected chi connectivity index (χ2v) is 4.50. The first kappa shape index (κ1) is 10.9.